The molecule has 0 N–H and O–H groups in total. The molecule has 4 heteroatoms. The van der Waals surface area contributed by atoms with Crippen molar-refractivity contribution in [3.05, 3.63) is 164 Å². The minimum absolute atomic E-state index is 0.713. The average molecular weight is 606 g/mol. The van der Waals surface area contributed by atoms with E-state index in [0.717, 1.165) is 33.6 Å². The Balaban J connectivity index is 1.21. The number of nitrogens with zero attached hydrogens (tertiary/aromatic N) is 3. The second kappa shape index (κ2) is 11.0. The first-order valence-corrected chi connectivity index (χ1v) is 16.2. The molecule has 0 fully saturated rings. The second-order valence-corrected chi connectivity index (χ2v) is 12.5. The number of benzene rings is 6. The Bertz CT molecular complexity index is 2460. The zero-order chi connectivity index (χ0) is 30.5. The van der Waals surface area contributed by atoms with Gasteiger partial charge in [0.1, 0.15) is 0 Å². The molecule has 0 saturated heterocycles. The van der Waals surface area contributed by atoms with Crippen molar-refractivity contribution in [1.82, 2.24) is 14.5 Å². The lowest BCUT2D eigenvalue weighted by molar-refractivity contribution is 1.18. The molecule has 0 aliphatic heterocycles. The summed E-state index contributed by atoms with van der Waals surface area (Å²) >= 11 is 1.87. The molecule has 9 aromatic rings. The van der Waals surface area contributed by atoms with Gasteiger partial charge in [0.25, 0.3) is 0 Å². The van der Waals surface area contributed by atoms with Crippen molar-refractivity contribution in [2.24, 2.45) is 0 Å². The molecule has 0 spiro atoms. The first kappa shape index (κ1) is 26.6. The zero-order valence-corrected chi connectivity index (χ0v) is 25.7. The van der Waals surface area contributed by atoms with Crippen LogP contribution in [0.3, 0.4) is 0 Å². The lowest BCUT2D eigenvalue weighted by atomic mass is 10.0. The van der Waals surface area contributed by atoms with Gasteiger partial charge in [0.15, 0.2) is 5.82 Å². The molecule has 0 saturated carbocycles. The standard InChI is InChI=1S/C42H27N3S/c1-4-13-28(14-5-1)36-27-37(29-15-6-2-7-16-29)44-42(43-36)32-18-12-17-30(25-32)31-23-24-38-35(26-31)41-40(34-21-10-11-22-39(34)46-41)45(38)33-19-8-3-9-20-33/h1-27H. The zero-order valence-electron chi connectivity index (χ0n) is 24.8. The van der Waals surface area contributed by atoms with E-state index in [1.165, 1.54) is 42.5 Å². The van der Waals surface area contributed by atoms with Crippen molar-refractivity contribution in [2.45, 2.75) is 0 Å². The van der Waals surface area contributed by atoms with Crippen LogP contribution in [0.2, 0.25) is 0 Å². The maximum atomic E-state index is 5.07. The Labute approximate surface area is 270 Å². The van der Waals surface area contributed by atoms with E-state index in [-0.39, 0.29) is 0 Å². The molecule has 0 amide bonds. The minimum atomic E-state index is 0.713. The third kappa shape index (κ3) is 4.50. The summed E-state index contributed by atoms with van der Waals surface area (Å²) in [5.41, 5.74) is 10.9. The highest BCUT2D eigenvalue weighted by Gasteiger charge is 2.18. The topological polar surface area (TPSA) is 30.7 Å². The average Bonchev–Trinajstić information content (AvgIpc) is 3.67. The van der Waals surface area contributed by atoms with E-state index in [2.05, 4.69) is 156 Å². The molecular formula is C42H27N3S. The molecule has 0 aliphatic carbocycles. The van der Waals surface area contributed by atoms with Crippen LogP contribution in [0, 0.1) is 0 Å². The van der Waals surface area contributed by atoms with Gasteiger partial charge in [0, 0.05) is 37.9 Å². The molecule has 216 valence electrons. The van der Waals surface area contributed by atoms with Crippen LogP contribution in [-0.2, 0) is 0 Å². The molecular weight excluding hydrogens is 579 g/mol. The third-order valence-electron chi connectivity index (χ3n) is 8.61. The van der Waals surface area contributed by atoms with Crippen molar-refractivity contribution in [3.8, 4) is 50.7 Å². The monoisotopic (exact) mass is 605 g/mol. The van der Waals surface area contributed by atoms with E-state index in [4.69, 9.17) is 9.97 Å². The van der Waals surface area contributed by atoms with Crippen molar-refractivity contribution >= 4 is 42.5 Å². The predicted octanol–water partition coefficient (Wildman–Crippen LogP) is 11.5. The van der Waals surface area contributed by atoms with Gasteiger partial charge in [-0.1, -0.05) is 121 Å². The summed E-state index contributed by atoms with van der Waals surface area (Å²) in [6.45, 7) is 0. The molecule has 0 bridgehead atoms. The Hall–Kier alpha value is -5.84. The fourth-order valence-electron chi connectivity index (χ4n) is 6.42. The Kier molecular flexibility index (Phi) is 6.32. The highest BCUT2D eigenvalue weighted by atomic mass is 32.1. The van der Waals surface area contributed by atoms with Crippen LogP contribution in [0.25, 0.3) is 81.9 Å². The number of para-hydroxylation sites is 1. The largest absolute Gasteiger partial charge is 0.308 e. The van der Waals surface area contributed by atoms with Gasteiger partial charge < -0.3 is 4.57 Å². The molecule has 0 radical (unpaired) electrons. The van der Waals surface area contributed by atoms with Crippen molar-refractivity contribution < 1.29 is 0 Å². The van der Waals surface area contributed by atoms with E-state index in [1.54, 1.807) is 0 Å². The van der Waals surface area contributed by atoms with Crippen molar-refractivity contribution in [2.75, 3.05) is 0 Å². The van der Waals surface area contributed by atoms with Gasteiger partial charge in [-0.2, -0.15) is 0 Å². The highest BCUT2D eigenvalue weighted by Crippen LogP contribution is 2.43. The number of hydrogen-bond donors (Lipinski definition) is 0. The first-order valence-electron chi connectivity index (χ1n) is 15.4. The Morgan fingerprint density at radius 3 is 1.74 bits per heavy atom. The van der Waals surface area contributed by atoms with Gasteiger partial charge in [-0.15, -0.1) is 11.3 Å². The summed E-state index contributed by atoms with van der Waals surface area (Å²) in [4.78, 5) is 10.1. The van der Waals surface area contributed by atoms with Crippen LogP contribution < -0.4 is 0 Å². The molecule has 9 rings (SSSR count). The summed E-state index contributed by atoms with van der Waals surface area (Å²) in [7, 11) is 0. The van der Waals surface area contributed by atoms with Crippen LogP contribution >= 0.6 is 11.3 Å². The molecule has 0 aliphatic rings. The Morgan fingerprint density at radius 2 is 1.02 bits per heavy atom. The lowest BCUT2D eigenvalue weighted by Gasteiger charge is -2.11. The molecule has 6 aromatic carbocycles. The van der Waals surface area contributed by atoms with Crippen molar-refractivity contribution in [1.29, 1.82) is 0 Å². The predicted molar refractivity (Wildman–Crippen MR) is 193 cm³/mol. The van der Waals surface area contributed by atoms with Crippen LogP contribution in [0.1, 0.15) is 0 Å². The van der Waals surface area contributed by atoms with Gasteiger partial charge in [-0.3, -0.25) is 0 Å². The van der Waals surface area contributed by atoms with E-state index >= 15 is 0 Å². The molecule has 3 nitrogen and oxygen atoms in total. The van der Waals surface area contributed by atoms with Gasteiger partial charge >= 0.3 is 0 Å². The normalized spacial score (nSPS) is 11.5. The second-order valence-electron chi connectivity index (χ2n) is 11.5. The fourth-order valence-corrected chi connectivity index (χ4v) is 7.63. The first-order chi connectivity index (χ1) is 22.8. The van der Waals surface area contributed by atoms with Gasteiger partial charge in [-0.05, 0) is 53.6 Å². The quantitative estimate of drug-likeness (QED) is 0.195. The van der Waals surface area contributed by atoms with E-state index < -0.39 is 0 Å². The summed E-state index contributed by atoms with van der Waals surface area (Å²) < 4.78 is 5.03. The molecule has 3 heterocycles. The number of thiophene rings is 1. The summed E-state index contributed by atoms with van der Waals surface area (Å²) in [5, 5.41) is 2.55. The number of fused-ring (bicyclic) bond motifs is 5. The van der Waals surface area contributed by atoms with Crippen LogP contribution in [-0.4, -0.2) is 14.5 Å². The van der Waals surface area contributed by atoms with Crippen LogP contribution in [0.5, 0.6) is 0 Å². The fraction of sp³-hybridized carbons (Fsp3) is 0. The minimum Gasteiger partial charge on any atom is -0.308 e. The van der Waals surface area contributed by atoms with Crippen LogP contribution in [0.15, 0.2) is 164 Å². The third-order valence-corrected chi connectivity index (χ3v) is 9.80. The smallest absolute Gasteiger partial charge is 0.160 e. The molecule has 0 unspecified atom stereocenters. The van der Waals surface area contributed by atoms with Gasteiger partial charge in [0.2, 0.25) is 0 Å². The van der Waals surface area contributed by atoms with Crippen LogP contribution in [0.4, 0.5) is 0 Å². The number of rotatable bonds is 5. The van der Waals surface area contributed by atoms with E-state index in [1.807, 2.05) is 23.5 Å². The maximum Gasteiger partial charge on any atom is 0.160 e. The highest BCUT2D eigenvalue weighted by molar-refractivity contribution is 7.26. The molecule has 46 heavy (non-hydrogen) atoms. The lowest BCUT2D eigenvalue weighted by Crippen LogP contribution is -1.96. The maximum absolute atomic E-state index is 5.07. The van der Waals surface area contributed by atoms with E-state index in [9.17, 15) is 0 Å². The van der Waals surface area contributed by atoms with E-state index in [0.29, 0.717) is 5.82 Å². The number of hydrogen-bond acceptors (Lipinski definition) is 3. The van der Waals surface area contributed by atoms with Gasteiger partial charge in [-0.25, -0.2) is 9.97 Å². The van der Waals surface area contributed by atoms with Crippen molar-refractivity contribution in [3.63, 3.8) is 0 Å². The Morgan fingerprint density at radius 1 is 0.435 bits per heavy atom. The number of aromatic nitrogens is 3. The van der Waals surface area contributed by atoms with Gasteiger partial charge in [0.05, 0.1) is 27.1 Å². The summed E-state index contributed by atoms with van der Waals surface area (Å²) in [6.07, 6.45) is 0. The molecule has 0 atom stereocenters. The SMILES string of the molecule is c1ccc(-c2cc(-c3ccccc3)nc(-c3cccc(-c4ccc5c(c4)c4sc6ccccc6c4n5-c4ccccc4)c3)n2)cc1. The summed E-state index contributed by atoms with van der Waals surface area (Å²) in [6, 6.07) is 57.6. The molecule has 3 aromatic heterocycles. The summed E-state index contributed by atoms with van der Waals surface area (Å²) in [5.74, 6) is 0.713.